The second-order valence-corrected chi connectivity index (χ2v) is 7.95. The zero-order valence-corrected chi connectivity index (χ0v) is 17.8. The Morgan fingerprint density at radius 1 is 1.26 bits per heavy atom. The number of rotatable bonds is 9. The van der Waals surface area contributed by atoms with Gasteiger partial charge in [0.15, 0.2) is 5.15 Å². The van der Waals surface area contributed by atoms with Gasteiger partial charge in [-0.05, 0) is 31.2 Å². The van der Waals surface area contributed by atoms with Crippen molar-refractivity contribution in [2.75, 3.05) is 17.7 Å². The maximum absolute atomic E-state index is 13.1. The molecule has 172 valence electrons. The van der Waals surface area contributed by atoms with Gasteiger partial charge in [0.2, 0.25) is 5.91 Å². The molecule has 1 unspecified atom stereocenters. The van der Waals surface area contributed by atoms with Crippen molar-refractivity contribution in [1.82, 2.24) is 14.8 Å². The Kier molecular flexibility index (Phi) is 8.64. The summed E-state index contributed by atoms with van der Waals surface area (Å²) in [5.74, 6) is -0.906. The van der Waals surface area contributed by atoms with Crippen LogP contribution in [0.4, 0.5) is 32.0 Å². The van der Waals surface area contributed by atoms with Gasteiger partial charge in [-0.2, -0.15) is 43.2 Å². The Hall–Kier alpha value is -1.95. The first-order chi connectivity index (χ1) is 14.4. The van der Waals surface area contributed by atoms with Gasteiger partial charge in [-0.3, -0.25) is 9.78 Å². The highest BCUT2D eigenvalue weighted by molar-refractivity contribution is 7.99. The van der Waals surface area contributed by atoms with Gasteiger partial charge >= 0.3 is 12.4 Å². The molecule has 2 rings (SSSR count). The first-order valence-electron chi connectivity index (χ1n) is 9.04. The average Bonchev–Trinajstić information content (AvgIpc) is 3.06. The number of amides is 1. The molecule has 1 amide bonds. The van der Waals surface area contributed by atoms with Gasteiger partial charge in [-0.25, -0.2) is 4.68 Å². The molecule has 5 nitrogen and oxygen atoms in total. The summed E-state index contributed by atoms with van der Waals surface area (Å²) in [6.45, 7) is -0.230. The van der Waals surface area contributed by atoms with Crippen molar-refractivity contribution in [3.8, 4) is 5.69 Å². The van der Waals surface area contributed by atoms with Crippen LogP contribution in [0.5, 0.6) is 0 Å². The Balaban J connectivity index is 2.27. The van der Waals surface area contributed by atoms with Crippen LogP contribution in [0, 0.1) is 0 Å². The molecule has 31 heavy (non-hydrogen) atoms. The predicted octanol–water partition coefficient (Wildman–Crippen LogP) is 5.67. The van der Waals surface area contributed by atoms with E-state index in [1.807, 2.05) is 0 Å². The molecule has 0 aliphatic carbocycles. The number of hydrogen-bond acceptors (Lipinski definition) is 4. The lowest BCUT2D eigenvalue weighted by Crippen LogP contribution is -2.37. The number of hydrogen-bond donors (Lipinski definition) is 0. The third kappa shape index (κ3) is 7.60. The number of nitrogens with zero attached hydrogens (tertiary/aromatic N) is 4. The number of carbonyl (C=O) groups is 1. The van der Waals surface area contributed by atoms with Crippen molar-refractivity contribution in [3.05, 3.63) is 35.9 Å². The number of anilines is 1. The number of pyridine rings is 1. The molecule has 0 spiro atoms. The Morgan fingerprint density at radius 2 is 1.97 bits per heavy atom. The van der Waals surface area contributed by atoms with Gasteiger partial charge in [-0.15, -0.1) is 0 Å². The lowest BCUT2D eigenvalue weighted by molar-refractivity contribution is -0.139. The maximum Gasteiger partial charge on any atom is 0.401 e. The number of aromatic nitrogens is 3. The second kappa shape index (κ2) is 10.6. The molecule has 1 atom stereocenters. The quantitative estimate of drug-likeness (QED) is 0.337. The number of alkyl halides is 6. The maximum atomic E-state index is 13.1. The first-order valence-corrected chi connectivity index (χ1v) is 10.7. The van der Waals surface area contributed by atoms with E-state index in [0.717, 1.165) is 4.90 Å². The molecule has 2 aromatic heterocycles. The largest absolute Gasteiger partial charge is 0.401 e. The van der Waals surface area contributed by atoms with Gasteiger partial charge in [0.1, 0.15) is 10.9 Å². The van der Waals surface area contributed by atoms with E-state index in [9.17, 15) is 31.1 Å². The minimum atomic E-state index is -4.61. The Labute approximate surface area is 183 Å². The van der Waals surface area contributed by atoms with Crippen LogP contribution in [0.1, 0.15) is 25.7 Å². The van der Waals surface area contributed by atoms with Gasteiger partial charge in [0.05, 0.1) is 18.1 Å². The van der Waals surface area contributed by atoms with Crippen LogP contribution in [0.2, 0.25) is 5.15 Å². The van der Waals surface area contributed by atoms with Gasteiger partial charge < -0.3 is 4.90 Å². The Bertz CT molecular complexity index is 859. The average molecular weight is 489 g/mol. The van der Waals surface area contributed by atoms with Crippen molar-refractivity contribution in [2.24, 2.45) is 0 Å². The summed E-state index contributed by atoms with van der Waals surface area (Å²) in [6.07, 6.45) is -5.73. The smallest absolute Gasteiger partial charge is 0.308 e. The monoisotopic (exact) mass is 488 g/mol. The van der Waals surface area contributed by atoms with Crippen molar-refractivity contribution in [3.63, 3.8) is 0 Å². The normalized spacial score (nSPS) is 13.3. The summed E-state index contributed by atoms with van der Waals surface area (Å²) in [6, 6.07) is 3.26. The zero-order chi connectivity index (χ0) is 23.2. The summed E-state index contributed by atoms with van der Waals surface area (Å²) in [4.78, 5) is 17.6. The minimum Gasteiger partial charge on any atom is -0.308 e. The Morgan fingerprint density at radius 3 is 2.52 bits per heavy atom. The molecule has 0 saturated carbocycles. The van der Waals surface area contributed by atoms with E-state index in [1.165, 1.54) is 29.5 Å². The molecular formula is C18H19ClF6N4OS. The van der Waals surface area contributed by atoms with Crippen LogP contribution < -0.4 is 4.90 Å². The lowest BCUT2D eigenvalue weighted by Gasteiger charge is -2.25. The van der Waals surface area contributed by atoms with Crippen LogP contribution in [-0.4, -0.2) is 51.1 Å². The summed E-state index contributed by atoms with van der Waals surface area (Å²) in [7, 11) is 0. The topological polar surface area (TPSA) is 51.0 Å². The molecule has 0 radical (unpaired) electrons. The fourth-order valence-electron chi connectivity index (χ4n) is 2.72. The lowest BCUT2D eigenvalue weighted by atomic mass is 10.2. The predicted molar refractivity (Wildman–Crippen MR) is 107 cm³/mol. The van der Waals surface area contributed by atoms with E-state index < -0.39 is 36.4 Å². The fraction of sp³-hybridized carbons (Fsp3) is 0.500. The second-order valence-electron chi connectivity index (χ2n) is 6.55. The molecule has 0 saturated heterocycles. The van der Waals surface area contributed by atoms with Crippen molar-refractivity contribution >= 4 is 35.0 Å². The molecule has 0 aliphatic rings. The summed E-state index contributed by atoms with van der Waals surface area (Å²) >= 11 is 6.60. The fourth-order valence-corrected chi connectivity index (χ4v) is 3.53. The molecule has 0 aromatic carbocycles. The van der Waals surface area contributed by atoms with Crippen LogP contribution in [-0.2, 0) is 4.79 Å². The van der Waals surface area contributed by atoms with E-state index in [4.69, 9.17) is 11.6 Å². The van der Waals surface area contributed by atoms with Crippen LogP contribution >= 0.6 is 23.4 Å². The highest BCUT2D eigenvalue weighted by Crippen LogP contribution is 2.34. The molecule has 13 heteroatoms. The van der Waals surface area contributed by atoms with Crippen LogP contribution in [0.25, 0.3) is 5.69 Å². The highest BCUT2D eigenvalue weighted by Gasteiger charge is 2.41. The third-order valence-corrected chi connectivity index (χ3v) is 5.53. The van der Waals surface area contributed by atoms with E-state index in [2.05, 4.69) is 10.1 Å². The molecule has 2 aromatic rings. The molecule has 0 fully saturated rings. The van der Waals surface area contributed by atoms with Crippen LogP contribution in [0.3, 0.4) is 0 Å². The summed E-state index contributed by atoms with van der Waals surface area (Å²) in [5.41, 5.74) is 0.502. The number of carbonyl (C=O) groups excluding carboxylic acids is 1. The minimum absolute atomic E-state index is 0.0181. The van der Waals surface area contributed by atoms with Crippen molar-refractivity contribution in [1.29, 1.82) is 0 Å². The molecule has 2 heterocycles. The number of unbranched alkanes of at least 4 members (excludes halogenated alkanes) is 1. The third-order valence-electron chi connectivity index (χ3n) is 4.26. The van der Waals surface area contributed by atoms with E-state index in [-0.39, 0.29) is 30.2 Å². The van der Waals surface area contributed by atoms with Gasteiger partial charge in [-0.1, -0.05) is 11.6 Å². The van der Waals surface area contributed by atoms with E-state index in [1.54, 1.807) is 12.1 Å². The summed E-state index contributed by atoms with van der Waals surface area (Å²) in [5, 5.41) is 1.92. The van der Waals surface area contributed by atoms with Crippen molar-refractivity contribution < 1.29 is 31.1 Å². The summed E-state index contributed by atoms with van der Waals surface area (Å²) < 4.78 is 77.9. The first kappa shape index (κ1) is 25.3. The van der Waals surface area contributed by atoms with Crippen molar-refractivity contribution in [2.45, 2.75) is 43.3 Å². The number of halogens is 7. The molecule has 0 bridgehead atoms. The van der Waals surface area contributed by atoms with E-state index >= 15 is 0 Å². The van der Waals surface area contributed by atoms with E-state index in [0.29, 0.717) is 17.4 Å². The van der Waals surface area contributed by atoms with Gasteiger partial charge in [0.25, 0.3) is 0 Å². The molecule has 0 aliphatic heterocycles. The standard InChI is InChI=1S/C18H19ClF6N4OS/c1-31-14(18(23,24)25)9-15(30)28(8-3-2-6-17(20,21)22)13-11-29(27-16(13)19)12-5-4-7-26-10-12/h4-5,7,10-11,14H,2-3,6,8-9H2,1H3. The zero-order valence-electron chi connectivity index (χ0n) is 16.3. The molecular weight excluding hydrogens is 470 g/mol. The highest BCUT2D eigenvalue weighted by atomic mass is 35.5. The van der Waals surface area contributed by atoms with Crippen LogP contribution in [0.15, 0.2) is 30.7 Å². The van der Waals surface area contributed by atoms with Gasteiger partial charge in [0, 0.05) is 25.6 Å². The number of thioether (sulfide) groups is 1. The molecule has 0 N–H and O–H groups in total. The SMILES string of the molecule is CSC(CC(=O)N(CCCCC(F)(F)F)c1cn(-c2cccnc2)nc1Cl)C(F)(F)F.